The van der Waals surface area contributed by atoms with Gasteiger partial charge in [0.15, 0.2) is 0 Å². The van der Waals surface area contributed by atoms with Crippen LogP contribution in [-0.4, -0.2) is 15.0 Å². The van der Waals surface area contributed by atoms with E-state index in [-0.39, 0.29) is 11.3 Å². The molecule has 0 aliphatic rings. The number of hydrogen-bond acceptors (Lipinski definition) is 2. The van der Waals surface area contributed by atoms with Crippen LogP contribution in [0.5, 0.6) is 0 Å². The Morgan fingerprint density at radius 2 is 1.75 bits per heavy atom. The Balaban J connectivity index is 3.25. The summed E-state index contributed by atoms with van der Waals surface area (Å²) in [5.74, 6) is -1.40. The summed E-state index contributed by atoms with van der Waals surface area (Å²) in [5, 5.41) is 0. The molecule has 0 fully saturated rings. The summed E-state index contributed by atoms with van der Waals surface area (Å²) in [6.45, 7) is 6.34. The fourth-order valence-corrected chi connectivity index (χ4v) is 1.96. The molecule has 0 amide bonds. The molecule has 0 spiro atoms. The fraction of sp³-hybridized carbons (Fsp3) is 0.462. The van der Waals surface area contributed by atoms with E-state index in [9.17, 15) is 22.1 Å². The van der Waals surface area contributed by atoms with E-state index < -0.39 is 33.7 Å². The van der Waals surface area contributed by atoms with E-state index in [1.165, 1.54) is 13.0 Å². The number of nitrogens with zero attached hydrogens (tertiary/aromatic N) is 1. The highest BCUT2D eigenvalue weighted by Gasteiger charge is 2.35. The van der Waals surface area contributed by atoms with Crippen molar-refractivity contribution in [2.75, 3.05) is 0 Å². The second-order valence-electron chi connectivity index (χ2n) is 5.20. The van der Waals surface area contributed by atoms with Gasteiger partial charge in [-0.1, -0.05) is 16.5 Å². The van der Waals surface area contributed by atoms with Crippen LogP contribution in [0.2, 0.25) is 0 Å². The lowest BCUT2D eigenvalue weighted by molar-refractivity contribution is -0.140. The SMILES string of the molecule is CC(=N[S+]([O-])C(C)(C)C)c1cccc(C(F)(F)F)c1F. The minimum absolute atomic E-state index is 0.0261. The average molecular weight is 309 g/mol. The summed E-state index contributed by atoms with van der Waals surface area (Å²) < 4.78 is 66.6. The van der Waals surface area contributed by atoms with Crippen molar-refractivity contribution in [1.82, 2.24) is 0 Å². The molecule has 0 heterocycles. The van der Waals surface area contributed by atoms with Gasteiger partial charge in [-0.15, -0.1) is 0 Å². The Morgan fingerprint density at radius 1 is 1.20 bits per heavy atom. The summed E-state index contributed by atoms with van der Waals surface area (Å²) in [4.78, 5) is 0. The van der Waals surface area contributed by atoms with E-state index in [1.807, 2.05) is 0 Å². The molecule has 0 radical (unpaired) electrons. The molecule has 0 saturated heterocycles. The van der Waals surface area contributed by atoms with Crippen molar-refractivity contribution in [3.05, 3.63) is 35.1 Å². The first kappa shape index (κ1) is 17.0. The van der Waals surface area contributed by atoms with Crippen LogP contribution in [0.3, 0.4) is 0 Å². The van der Waals surface area contributed by atoms with Crippen molar-refractivity contribution in [1.29, 1.82) is 0 Å². The van der Waals surface area contributed by atoms with E-state index in [0.29, 0.717) is 6.07 Å². The van der Waals surface area contributed by atoms with E-state index in [0.717, 1.165) is 6.07 Å². The third-order valence-electron chi connectivity index (χ3n) is 2.44. The summed E-state index contributed by atoms with van der Waals surface area (Å²) in [7, 11) is 0. The van der Waals surface area contributed by atoms with E-state index >= 15 is 0 Å². The minimum atomic E-state index is -4.77. The van der Waals surface area contributed by atoms with Crippen molar-refractivity contribution in [2.24, 2.45) is 4.40 Å². The van der Waals surface area contributed by atoms with Crippen molar-refractivity contribution in [3.63, 3.8) is 0 Å². The largest absolute Gasteiger partial charge is 0.591 e. The van der Waals surface area contributed by atoms with Gasteiger partial charge in [-0.3, -0.25) is 0 Å². The molecule has 1 aromatic rings. The number of rotatable bonds is 2. The van der Waals surface area contributed by atoms with Gasteiger partial charge in [-0.05, 0) is 33.8 Å². The quantitative estimate of drug-likeness (QED) is 0.460. The van der Waals surface area contributed by atoms with Gasteiger partial charge < -0.3 is 4.55 Å². The van der Waals surface area contributed by atoms with Gasteiger partial charge in [0.2, 0.25) is 0 Å². The first-order valence-corrected chi connectivity index (χ1v) is 6.88. The molecule has 0 aromatic heterocycles. The highest BCUT2D eigenvalue weighted by atomic mass is 32.2. The number of halogens is 4. The maximum absolute atomic E-state index is 13.9. The Hall–Kier alpha value is -1.08. The monoisotopic (exact) mass is 309 g/mol. The molecule has 1 aromatic carbocycles. The molecule has 20 heavy (non-hydrogen) atoms. The van der Waals surface area contributed by atoms with Crippen molar-refractivity contribution < 1.29 is 22.1 Å². The van der Waals surface area contributed by atoms with Crippen LogP contribution in [0.15, 0.2) is 22.6 Å². The zero-order chi connectivity index (χ0) is 15.7. The second kappa shape index (κ2) is 5.73. The maximum Gasteiger partial charge on any atom is 0.419 e. The summed E-state index contributed by atoms with van der Waals surface area (Å²) in [5.41, 5.74) is -1.68. The number of benzene rings is 1. The van der Waals surface area contributed by atoms with Gasteiger partial charge in [0.05, 0.1) is 11.3 Å². The van der Waals surface area contributed by atoms with Gasteiger partial charge in [0, 0.05) is 5.56 Å². The predicted octanol–water partition coefficient (Wildman–Crippen LogP) is 4.12. The highest BCUT2D eigenvalue weighted by Crippen LogP contribution is 2.32. The Bertz CT molecular complexity index is 520. The Morgan fingerprint density at radius 3 is 2.20 bits per heavy atom. The van der Waals surface area contributed by atoms with E-state index in [2.05, 4.69) is 4.40 Å². The molecular formula is C13H15F4NOS. The molecule has 7 heteroatoms. The fourth-order valence-electron chi connectivity index (χ4n) is 1.34. The third kappa shape index (κ3) is 3.96. The molecule has 0 aliphatic heterocycles. The first-order valence-electron chi connectivity index (χ1n) is 5.78. The highest BCUT2D eigenvalue weighted by molar-refractivity contribution is 7.91. The second-order valence-corrected chi connectivity index (χ2v) is 7.11. The Kier molecular flexibility index (Phi) is 4.86. The molecule has 1 rings (SSSR count). The smallest absolute Gasteiger partial charge is 0.419 e. The van der Waals surface area contributed by atoms with E-state index in [1.54, 1.807) is 20.8 Å². The molecular weight excluding hydrogens is 294 g/mol. The predicted molar refractivity (Wildman–Crippen MR) is 71.5 cm³/mol. The third-order valence-corrected chi connectivity index (χ3v) is 3.93. The maximum atomic E-state index is 13.9. The zero-order valence-corrected chi connectivity index (χ0v) is 12.3. The van der Waals surface area contributed by atoms with Crippen molar-refractivity contribution in [2.45, 2.75) is 38.6 Å². The normalized spacial score (nSPS) is 15.3. The zero-order valence-electron chi connectivity index (χ0n) is 11.5. The summed E-state index contributed by atoms with van der Waals surface area (Å²) in [6, 6.07) is 2.94. The minimum Gasteiger partial charge on any atom is -0.591 e. The van der Waals surface area contributed by atoms with Gasteiger partial charge in [-0.2, -0.15) is 13.2 Å². The summed E-state index contributed by atoms with van der Waals surface area (Å²) >= 11 is -1.66. The molecule has 2 nitrogen and oxygen atoms in total. The lowest BCUT2D eigenvalue weighted by Gasteiger charge is -2.19. The van der Waals surface area contributed by atoms with Gasteiger partial charge in [0.1, 0.15) is 21.9 Å². The van der Waals surface area contributed by atoms with Crippen LogP contribution in [0.1, 0.15) is 38.8 Å². The lowest BCUT2D eigenvalue weighted by Crippen LogP contribution is -2.27. The standard InChI is InChI=1S/C13H15F4NOS/c1-8(18-20(19)12(2,3)4)9-6-5-7-10(11(9)14)13(15,16)17/h5-7H,1-4H3. The van der Waals surface area contributed by atoms with Crippen molar-refractivity contribution in [3.8, 4) is 0 Å². The molecule has 112 valence electrons. The number of hydrogen-bond donors (Lipinski definition) is 0. The molecule has 0 bridgehead atoms. The first-order chi connectivity index (χ1) is 8.94. The van der Waals surface area contributed by atoms with Gasteiger partial charge >= 0.3 is 6.18 Å². The molecule has 0 saturated carbocycles. The topological polar surface area (TPSA) is 35.4 Å². The van der Waals surface area contributed by atoms with Crippen LogP contribution in [0.4, 0.5) is 17.6 Å². The molecule has 0 N–H and O–H groups in total. The van der Waals surface area contributed by atoms with Crippen LogP contribution >= 0.6 is 0 Å². The van der Waals surface area contributed by atoms with Crippen LogP contribution in [0.25, 0.3) is 0 Å². The van der Waals surface area contributed by atoms with Crippen LogP contribution < -0.4 is 0 Å². The van der Waals surface area contributed by atoms with Gasteiger partial charge in [-0.25, -0.2) is 4.39 Å². The average Bonchev–Trinajstić information content (AvgIpc) is 2.26. The van der Waals surface area contributed by atoms with Crippen LogP contribution in [-0.2, 0) is 17.5 Å². The molecule has 1 unspecified atom stereocenters. The summed E-state index contributed by atoms with van der Waals surface area (Å²) in [6.07, 6.45) is -4.77. The molecule has 1 atom stereocenters. The van der Waals surface area contributed by atoms with Crippen molar-refractivity contribution >= 4 is 17.1 Å². The van der Waals surface area contributed by atoms with Gasteiger partial charge in [0.25, 0.3) is 0 Å². The number of alkyl halides is 3. The van der Waals surface area contributed by atoms with E-state index in [4.69, 9.17) is 0 Å². The Labute approximate surface area is 118 Å². The van der Waals surface area contributed by atoms with Crippen LogP contribution in [0, 0.1) is 5.82 Å². The lowest BCUT2D eigenvalue weighted by atomic mass is 10.1. The molecule has 0 aliphatic carbocycles.